The quantitative estimate of drug-likeness (QED) is 0.689. The molecule has 2 unspecified atom stereocenters. The predicted molar refractivity (Wildman–Crippen MR) is 62.8 cm³/mol. The standard InChI is InChI=1S/C10H21NO3S/c1-7(11)8(5-12)15-6-9(13)14-10(2,3)4/h7-8,12H,5-6,11H2,1-4H3. The van der Waals surface area contributed by atoms with Gasteiger partial charge in [-0.05, 0) is 27.7 Å². The Hall–Kier alpha value is -0.260. The molecule has 0 radical (unpaired) electrons. The maximum absolute atomic E-state index is 11.3. The average Bonchev–Trinajstić information content (AvgIpc) is 2.01. The zero-order valence-electron chi connectivity index (χ0n) is 9.82. The molecule has 5 heteroatoms. The normalized spacial score (nSPS) is 15.9. The fourth-order valence-corrected chi connectivity index (χ4v) is 1.73. The Morgan fingerprint density at radius 1 is 1.53 bits per heavy atom. The van der Waals surface area contributed by atoms with Crippen LogP contribution in [-0.4, -0.2) is 40.3 Å². The first-order chi connectivity index (χ1) is 6.76. The van der Waals surface area contributed by atoms with E-state index in [1.54, 1.807) is 0 Å². The largest absolute Gasteiger partial charge is 0.459 e. The molecule has 0 aliphatic heterocycles. The van der Waals surface area contributed by atoms with Crippen LogP contribution in [0, 0.1) is 0 Å². The second-order valence-corrected chi connectivity index (χ2v) is 5.71. The van der Waals surface area contributed by atoms with Gasteiger partial charge in [-0.1, -0.05) is 0 Å². The SMILES string of the molecule is CC(N)C(CO)SCC(=O)OC(C)(C)C. The summed E-state index contributed by atoms with van der Waals surface area (Å²) in [5.74, 6) is -0.0454. The third kappa shape index (κ3) is 7.64. The van der Waals surface area contributed by atoms with Crippen molar-refractivity contribution in [3.05, 3.63) is 0 Å². The van der Waals surface area contributed by atoms with Crippen molar-refractivity contribution < 1.29 is 14.6 Å². The van der Waals surface area contributed by atoms with Crippen LogP contribution in [0.2, 0.25) is 0 Å². The lowest BCUT2D eigenvalue weighted by molar-refractivity contribution is -0.151. The van der Waals surface area contributed by atoms with Crippen molar-refractivity contribution in [3.63, 3.8) is 0 Å². The molecule has 15 heavy (non-hydrogen) atoms. The molecule has 90 valence electrons. The van der Waals surface area contributed by atoms with Crippen LogP contribution in [0.3, 0.4) is 0 Å². The number of thioether (sulfide) groups is 1. The number of ether oxygens (including phenoxy) is 1. The minimum atomic E-state index is -0.458. The van der Waals surface area contributed by atoms with Crippen molar-refractivity contribution in [1.82, 2.24) is 0 Å². The summed E-state index contributed by atoms with van der Waals surface area (Å²) in [4.78, 5) is 11.3. The monoisotopic (exact) mass is 235 g/mol. The summed E-state index contributed by atoms with van der Waals surface area (Å²) in [5.41, 5.74) is 5.17. The van der Waals surface area contributed by atoms with Crippen LogP contribution in [0.5, 0.6) is 0 Å². The van der Waals surface area contributed by atoms with Crippen LogP contribution in [0.15, 0.2) is 0 Å². The van der Waals surface area contributed by atoms with E-state index in [-0.39, 0.29) is 29.6 Å². The summed E-state index contributed by atoms with van der Waals surface area (Å²) in [6, 6.07) is -0.137. The Kier molecular flexibility index (Phi) is 6.24. The average molecular weight is 235 g/mol. The van der Waals surface area contributed by atoms with Crippen molar-refractivity contribution >= 4 is 17.7 Å². The van der Waals surface area contributed by atoms with E-state index >= 15 is 0 Å². The number of hydrogen-bond acceptors (Lipinski definition) is 5. The van der Waals surface area contributed by atoms with Gasteiger partial charge in [0.15, 0.2) is 0 Å². The van der Waals surface area contributed by atoms with E-state index in [1.807, 2.05) is 27.7 Å². The Morgan fingerprint density at radius 3 is 2.40 bits per heavy atom. The minimum Gasteiger partial charge on any atom is -0.459 e. The van der Waals surface area contributed by atoms with Crippen LogP contribution >= 0.6 is 11.8 Å². The van der Waals surface area contributed by atoms with Crippen molar-refractivity contribution in [3.8, 4) is 0 Å². The molecule has 0 aromatic rings. The molecule has 0 heterocycles. The molecule has 4 nitrogen and oxygen atoms in total. The van der Waals surface area contributed by atoms with E-state index in [1.165, 1.54) is 11.8 Å². The Balaban J connectivity index is 3.89. The Labute approximate surface area is 95.6 Å². The zero-order valence-corrected chi connectivity index (χ0v) is 10.6. The van der Waals surface area contributed by atoms with Gasteiger partial charge in [0.25, 0.3) is 0 Å². The summed E-state index contributed by atoms with van der Waals surface area (Å²) in [6.45, 7) is 7.26. The number of esters is 1. The molecule has 0 fully saturated rings. The summed E-state index contributed by atoms with van der Waals surface area (Å²) in [6.07, 6.45) is 0. The minimum absolute atomic E-state index is 0.0227. The molecule has 0 saturated carbocycles. The number of carbonyl (C=O) groups is 1. The topological polar surface area (TPSA) is 72.5 Å². The molecule has 0 rings (SSSR count). The predicted octanol–water partition coefficient (Wildman–Crippen LogP) is 0.769. The van der Waals surface area contributed by atoms with Gasteiger partial charge in [-0.25, -0.2) is 0 Å². The van der Waals surface area contributed by atoms with Crippen LogP contribution in [0.25, 0.3) is 0 Å². The summed E-state index contributed by atoms with van der Waals surface area (Å²) in [5, 5.41) is 8.88. The second kappa shape index (κ2) is 6.35. The van der Waals surface area contributed by atoms with Gasteiger partial charge < -0.3 is 15.6 Å². The number of nitrogens with two attached hydrogens (primary N) is 1. The summed E-state index contributed by atoms with van der Waals surface area (Å²) >= 11 is 1.33. The number of aliphatic hydroxyl groups excluding tert-OH is 1. The summed E-state index contributed by atoms with van der Waals surface area (Å²) < 4.78 is 5.13. The highest BCUT2D eigenvalue weighted by Gasteiger charge is 2.19. The zero-order chi connectivity index (χ0) is 12.1. The maximum Gasteiger partial charge on any atom is 0.316 e. The van der Waals surface area contributed by atoms with Crippen molar-refractivity contribution in [2.75, 3.05) is 12.4 Å². The van der Waals surface area contributed by atoms with Crippen LogP contribution in [-0.2, 0) is 9.53 Å². The lowest BCUT2D eigenvalue weighted by atomic mass is 10.2. The van der Waals surface area contributed by atoms with E-state index in [2.05, 4.69) is 0 Å². The highest BCUT2D eigenvalue weighted by atomic mass is 32.2. The molecular weight excluding hydrogens is 214 g/mol. The van der Waals surface area contributed by atoms with E-state index in [0.717, 1.165) is 0 Å². The van der Waals surface area contributed by atoms with E-state index in [4.69, 9.17) is 15.6 Å². The Bertz CT molecular complexity index is 201. The van der Waals surface area contributed by atoms with Gasteiger partial charge in [-0.15, -0.1) is 11.8 Å². The highest BCUT2D eigenvalue weighted by Crippen LogP contribution is 2.15. The molecule has 0 aromatic heterocycles. The van der Waals surface area contributed by atoms with Gasteiger partial charge in [-0.2, -0.15) is 0 Å². The third-order valence-electron chi connectivity index (χ3n) is 1.60. The third-order valence-corrected chi connectivity index (χ3v) is 3.01. The molecule has 0 aliphatic rings. The molecule has 0 aromatic carbocycles. The maximum atomic E-state index is 11.3. The van der Waals surface area contributed by atoms with Crippen LogP contribution < -0.4 is 5.73 Å². The smallest absolute Gasteiger partial charge is 0.316 e. The fraction of sp³-hybridized carbons (Fsp3) is 0.900. The van der Waals surface area contributed by atoms with Crippen LogP contribution in [0.1, 0.15) is 27.7 Å². The molecule has 2 atom stereocenters. The second-order valence-electron chi connectivity index (χ2n) is 4.48. The van der Waals surface area contributed by atoms with Gasteiger partial charge in [0, 0.05) is 11.3 Å². The van der Waals surface area contributed by atoms with Gasteiger partial charge in [0.1, 0.15) is 5.60 Å². The van der Waals surface area contributed by atoms with Gasteiger partial charge in [0.2, 0.25) is 0 Å². The number of hydrogen-bond donors (Lipinski definition) is 2. The number of rotatable bonds is 5. The fourth-order valence-electron chi connectivity index (χ4n) is 0.917. The lowest BCUT2D eigenvalue weighted by Gasteiger charge is -2.21. The lowest BCUT2D eigenvalue weighted by Crippen LogP contribution is -2.33. The number of aliphatic hydroxyl groups is 1. The van der Waals surface area contributed by atoms with Crippen molar-refractivity contribution in [2.45, 2.75) is 44.6 Å². The van der Waals surface area contributed by atoms with Crippen LogP contribution in [0.4, 0.5) is 0 Å². The van der Waals surface area contributed by atoms with Crippen molar-refractivity contribution in [2.24, 2.45) is 5.73 Å². The molecule has 0 saturated heterocycles. The first-order valence-electron chi connectivity index (χ1n) is 4.96. The first-order valence-corrected chi connectivity index (χ1v) is 6.01. The molecular formula is C10H21NO3S. The molecule has 0 spiro atoms. The van der Waals surface area contributed by atoms with Gasteiger partial charge in [0.05, 0.1) is 12.4 Å². The Morgan fingerprint density at radius 2 is 2.07 bits per heavy atom. The molecule has 0 aliphatic carbocycles. The molecule has 0 bridgehead atoms. The van der Waals surface area contributed by atoms with E-state index in [9.17, 15) is 4.79 Å². The first kappa shape index (κ1) is 14.7. The van der Waals surface area contributed by atoms with Gasteiger partial charge >= 0.3 is 5.97 Å². The van der Waals surface area contributed by atoms with E-state index in [0.29, 0.717) is 0 Å². The molecule has 3 N–H and O–H groups in total. The highest BCUT2D eigenvalue weighted by molar-refractivity contribution is 8.00. The molecule has 0 amide bonds. The van der Waals surface area contributed by atoms with Gasteiger partial charge in [-0.3, -0.25) is 4.79 Å². The summed E-state index contributed by atoms with van der Waals surface area (Å²) in [7, 11) is 0. The van der Waals surface area contributed by atoms with E-state index < -0.39 is 5.60 Å². The van der Waals surface area contributed by atoms with Crippen molar-refractivity contribution in [1.29, 1.82) is 0 Å². The number of carbonyl (C=O) groups excluding carboxylic acids is 1.